The maximum atomic E-state index is 13.8. The Balaban J connectivity index is 1.56. The van der Waals surface area contributed by atoms with Crippen LogP contribution in [0.2, 0.25) is 5.02 Å². The van der Waals surface area contributed by atoms with Crippen molar-refractivity contribution in [2.75, 3.05) is 0 Å². The van der Waals surface area contributed by atoms with Crippen molar-refractivity contribution >= 4 is 11.6 Å². The van der Waals surface area contributed by atoms with E-state index in [1.165, 1.54) is 43.7 Å². The average molecular weight is 348 g/mol. The number of benzene rings is 2. The zero-order chi connectivity index (χ0) is 16.8. The quantitative estimate of drug-likeness (QED) is 0.747. The molecule has 0 atom stereocenters. The van der Waals surface area contributed by atoms with E-state index < -0.39 is 0 Å². The van der Waals surface area contributed by atoms with E-state index in [0.29, 0.717) is 16.6 Å². The van der Waals surface area contributed by atoms with Gasteiger partial charge in [-0.2, -0.15) is 0 Å². The van der Waals surface area contributed by atoms with Crippen molar-refractivity contribution < 1.29 is 9.13 Å². The highest BCUT2D eigenvalue weighted by molar-refractivity contribution is 6.31. The topological polar surface area (TPSA) is 21.3 Å². The summed E-state index contributed by atoms with van der Waals surface area (Å²) < 4.78 is 19.5. The van der Waals surface area contributed by atoms with E-state index in [-0.39, 0.29) is 12.4 Å². The lowest BCUT2D eigenvalue weighted by atomic mass is 9.95. The van der Waals surface area contributed by atoms with Crippen LogP contribution >= 0.6 is 11.6 Å². The lowest BCUT2D eigenvalue weighted by molar-refractivity contribution is 0.299. The summed E-state index contributed by atoms with van der Waals surface area (Å²) >= 11 is 6.03. The van der Waals surface area contributed by atoms with Gasteiger partial charge in [0.05, 0.1) is 5.02 Å². The van der Waals surface area contributed by atoms with Crippen LogP contribution in [-0.4, -0.2) is 6.04 Å². The molecule has 2 aromatic carbocycles. The second kappa shape index (κ2) is 8.50. The molecule has 4 heteroatoms. The molecule has 0 bridgehead atoms. The molecule has 1 N–H and O–H groups in total. The van der Waals surface area contributed by atoms with E-state index in [2.05, 4.69) is 11.4 Å². The molecule has 0 unspecified atom stereocenters. The number of halogens is 2. The Hall–Kier alpha value is -1.58. The van der Waals surface area contributed by atoms with E-state index in [4.69, 9.17) is 16.3 Å². The molecule has 1 aliphatic carbocycles. The van der Waals surface area contributed by atoms with Crippen LogP contribution in [0.5, 0.6) is 5.75 Å². The van der Waals surface area contributed by atoms with Crippen LogP contribution in [-0.2, 0) is 13.2 Å². The molecule has 1 saturated carbocycles. The molecular formula is C20H23ClFNO. The van der Waals surface area contributed by atoms with Gasteiger partial charge in [0, 0.05) is 18.2 Å². The summed E-state index contributed by atoms with van der Waals surface area (Å²) in [6.45, 7) is 0.966. The second-order valence-corrected chi connectivity index (χ2v) is 6.76. The minimum atomic E-state index is -0.336. The van der Waals surface area contributed by atoms with Gasteiger partial charge in [0.15, 0.2) is 0 Å². The standard InChI is InChI=1S/C20H23ClFNO/c21-19-10-5-11-20(22)18(19)14-24-17-9-4-6-15(12-17)13-23-16-7-2-1-3-8-16/h4-6,9-12,16,23H,1-3,7-8,13-14H2. The molecule has 3 rings (SSSR count). The Kier molecular flexibility index (Phi) is 6.11. The van der Waals surface area contributed by atoms with E-state index in [0.717, 1.165) is 12.3 Å². The molecule has 2 aromatic rings. The second-order valence-electron chi connectivity index (χ2n) is 6.35. The van der Waals surface area contributed by atoms with Crippen molar-refractivity contribution in [2.45, 2.75) is 51.3 Å². The zero-order valence-corrected chi connectivity index (χ0v) is 14.5. The molecule has 1 fully saturated rings. The minimum absolute atomic E-state index is 0.130. The molecule has 1 aliphatic rings. The summed E-state index contributed by atoms with van der Waals surface area (Å²) in [4.78, 5) is 0. The summed E-state index contributed by atoms with van der Waals surface area (Å²) in [5.74, 6) is 0.398. The minimum Gasteiger partial charge on any atom is -0.489 e. The highest BCUT2D eigenvalue weighted by Gasteiger charge is 2.12. The van der Waals surface area contributed by atoms with Crippen molar-refractivity contribution in [1.82, 2.24) is 5.32 Å². The van der Waals surface area contributed by atoms with Crippen molar-refractivity contribution in [3.63, 3.8) is 0 Å². The number of hydrogen-bond acceptors (Lipinski definition) is 2. The summed E-state index contributed by atoms with van der Waals surface area (Å²) in [5.41, 5.74) is 1.57. The van der Waals surface area contributed by atoms with Gasteiger partial charge in [-0.3, -0.25) is 0 Å². The summed E-state index contributed by atoms with van der Waals surface area (Å²) in [5, 5.41) is 4.01. The number of hydrogen-bond donors (Lipinski definition) is 1. The zero-order valence-electron chi connectivity index (χ0n) is 13.7. The number of ether oxygens (including phenoxy) is 1. The van der Waals surface area contributed by atoms with Crippen LogP contribution in [0.25, 0.3) is 0 Å². The van der Waals surface area contributed by atoms with Crippen molar-refractivity contribution in [3.8, 4) is 5.75 Å². The monoisotopic (exact) mass is 347 g/mol. The Morgan fingerprint density at radius 1 is 1.08 bits per heavy atom. The molecule has 2 nitrogen and oxygen atoms in total. The smallest absolute Gasteiger partial charge is 0.131 e. The molecule has 0 spiro atoms. The molecule has 24 heavy (non-hydrogen) atoms. The van der Waals surface area contributed by atoms with E-state index in [1.807, 2.05) is 18.2 Å². The predicted octanol–water partition coefficient (Wildman–Crippen LogP) is 5.48. The van der Waals surface area contributed by atoms with Crippen LogP contribution < -0.4 is 10.1 Å². The molecular weight excluding hydrogens is 325 g/mol. The van der Waals surface area contributed by atoms with Gasteiger partial charge in [-0.05, 0) is 42.7 Å². The first-order valence-corrected chi connectivity index (χ1v) is 8.98. The van der Waals surface area contributed by atoms with Gasteiger partial charge in [-0.15, -0.1) is 0 Å². The van der Waals surface area contributed by atoms with Crippen LogP contribution in [0.3, 0.4) is 0 Å². The maximum absolute atomic E-state index is 13.8. The largest absolute Gasteiger partial charge is 0.489 e. The molecule has 0 aliphatic heterocycles. The van der Waals surface area contributed by atoms with Gasteiger partial charge in [-0.1, -0.05) is 49.1 Å². The Labute approximate surface area is 148 Å². The lowest BCUT2D eigenvalue weighted by Crippen LogP contribution is -2.30. The fourth-order valence-corrected chi connectivity index (χ4v) is 3.36. The third kappa shape index (κ3) is 4.71. The molecule has 0 amide bonds. The van der Waals surface area contributed by atoms with Gasteiger partial charge in [0.1, 0.15) is 18.2 Å². The van der Waals surface area contributed by atoms with Crippen molar-refractivity contribution in [3.05, 3.63) is 64.4 Å². The van der Waals surface area contributed by atoms with Gasteiger partial charge < -0.3 is 10.1 Å². The summed E-state index contributed by atoms with van der Waals surface area (Å²) in [7, 11) is 0. The van der Waals surface area contributed by atoms with Crippen LogP contribution in [0.4, 0.5) is 4.39 Å². The van der Waals surface area contributed by atoms with Crippen LogP contribution in [0.1, 0.15) is 43.2 Å². The Morgan fingerprint density at radius 3 is 2.67 bits per heavy atom. The highest BCUT2D eigenvalue weighted by Crippen LogP contribution is 2.22. The molecule has 0 aromatic heterocycles. The first-order valence-electron chi connectivity index (χ1n) is 8.60. The lowest BCUT2D eigenvalue weighted by Gasteiger charge is -2.23. The maximum Gasteiger partial charge on any atom is 0.131 e. The van der Waals surface area contributed by atoms with E-state index >= 15 is 0 Å². The first kappa shape index (κ1) is 17.2. The van der Waals surface area contributed by atoms with Gasteiger partial charge >= 0.3 is 0 Å². The molecule has 128 valence electrons. The highest BCUT2D eigenvalue weighted by atomic mass is 35.5. The molecule has 0 saturated heterocycles. The van der Waals surface area contributed by atoms with E-state index in [1.54, 1.807) is 12.1 Å². The average Bonchev–Trinajstić information content (AvgIpc) is 2.61. The summed E-state index contributed by atoms with van der Waals surface area (Å²) in [6, 6.07) is 13.2. The van der Waals surface area contributed by atoms with Crippen molar-refractivity contribution in [2.24, 2.45) is 0 Å². The SMILES string of the molecule is Fc1cccc(Cl)c1COc1cccc(CNC2CCCCC2)c1. The fourth-order valence-electron chi connectivity index (χ4n) is 3.14. The fraction of sp³-hybridized carbons (Fsp3) is 0.400. The predicted molar refractivity (Wildman–Crippen MR) is 95.9 cm³/mol. The summed E-state index contributed by atoms with van der Waals surface area (Å²) in [6.07, 6.45) is 6.54. The number of nitrogens with one attached hydrogen (secondary N) is 1. The van der Waals surface area contributed by atoms with Gasteiger partial charge in [0.25, 0.3) is 0 Å². The van der Waals surface area contributed by atoms with Gasteiger partial charge in [0.2, 0.25) is 0 Å². The third-order valence-electron chi connectivity index (χ3n) is 4.54. The van der Waals surface area contributed by atoms with E-state index in [9.17, 15) is 4.39 Å². The van der Waals surface area contributed by atoms with Crippen LogP contribution in [0, 0.1) is 5.82 Å². The Bertz CT molecular complexity index is 650. The molecule has 0 heterocycles. The van der Waals surface area contributed by atoms with Crippen LogP contribution in [0.15, 0.2) is 42.5 Å². The Morgan fingerprint density at radius 2 is 1.88 bits per heavy atom. The number of rotatable bonds is 6. The molecule has 0 radical (unpaired) electrons. The van der Waals surface area contributed by atoms with Crippen molar-refractivity contribution in [1.29, 1.82) is 0 Å². The van der Waals surface area contributed by atoms with Gasteiger partial charge in [-0.25, -0.2) is 4.39 Å². The first-order chi connectivity index (χ1) is 11.7. The third-order valence-corrected chi connectivity index (χ3v) is 4.90. The normalized spacial score (nSPS) is 15.4.